The van der Waals surface area contributed by atoms with Gasteiger partial charge in [0.05, 0.1) is 6.61 Å². The van der Waals surface area contributed by atoms with Gasteiger partial charge in [-0.05, 0) is 5.56 Å². The molecule has 2 N–H and O–H groups in total. The maximum Gasteiger partial charge on any atom is 0.303 e. The number of hydrogen-bond donors (Lipinski definition) is 2. The highest BCUT2D eigenvalue weighted by molar-refractivity contribution is 5.73. The molecule has 154 valence electrons. The van der Waals surface area contributed by atoms with E-state index in [0.717, 1.165) is 5.56 Å². The van der Waals surface area contributed by atoms with Crippen LogP contribution in [0.25, 0.3) is 0 Å². The monoisotopic (exact) mass is 395 g/mol. The molecule has 9 heteroatoms. The molecular formula is C19H25NO8. The minimum absolute atomic E-state index is 0.159. The molecule has 0 spiro atoms. The smallest absolute Gasteiger partial charge is 0.303 e. The van der Waals surface area contributed by atoms with Gasteiger partial charge in [0.15, 0.2) is 12.4 Å². The van der Waals surface area contributed by atoms with Crippen LogP contribution >= 0.6 is 0 Å². The average molecular weight is 395 g/mol. The van der Waals surface area contributed by atoms with E-state index in [-0.39, 0.29) is 13.2 Å². The number of aliphatic hydroxyl groups excluding tert-OH is 1. The molecule has 0 saturated carbocycles. The van der Waals surface area contributed by atoms with Gasteiger partial charge in [0, 0.05) is 20.8 Å². The molecular weight excluding hydrogens is 370 g/mol. The predicted octanol–water partition coefficient (Wildman–Crippen LogP) is 0.289. The predicted molar refractivity (Wildman–Crippen MR) is 95.7 cm³/mol. The van der Waals surface area contributed by atoms with E-state index in [0.29, 0.717) is 0 Å². The summed E-state index contributed by atoms with van der Waals surface area (Å²) in [6.07, 6.45) is -4.33. The van der Waals surface area contributed by atoms with Crippen molar-refractivity contribution < 1.29 is 38.4 Å². The second-order valence-electron chi connectivity index (χ2n) is 6.43. The quantitative estimate of drug-likeness (QED) is 0.632. The Labute approximate surface area is 162 Å². The van der Waals surface area contributed by atoms with E-state index in [4.69, 9.17) is 18.9 Å². The number of ether oxygens (including phenoxy) is 4. The van der Waals surface area contributed by atoms with Gasteiger partial charge in [-0.1, -0.05) is 30.3 Å². The molecule has 1 amide bonds. The number of nitrogens with one attached hydrogen (secondary N) is 1. The largest absolute Gasteiger partial charge is 0.463 e. The third kappa shape index (κ3) is 6.29. The van der Waals surface area contributed by atoms with Gasteiger partial charge >= 0.3 is 11.9 Å². The van der Waals surface area contributed by atoms with Crippen LogP contribution in [0.2, 0.25) is 0 Å². The molecule has 1 aromatic rings. The molecule has 1 aromatic carbocycles. The summed E-state index contributed by atoms with van der Waals surface area (Å²) in [6, 6.07) is 8.22. The van der Waals surface area contributed by atoms with Gasteiger partial charge in [-0.25, -0.2) is 0 Å². The third-order valence-electron chi connectivity index (χ3n) is 4.07. The van der Waals surface area contributed by atoms with Crippen LogP contribution in [0.5, 0.6) is 0 Å². The number of carbonyl (C=O) groups is 3. The number of rotatable bonds is 7. The fourth-order valence-electron chi connectivity index (χ4n) is 2.94. The lowest BCUT2D eigenvalue weighted by Crippen LogP contribution is -2.65. The minimum atomic E-state index is -1.48. The first-order chi connectivity index (χ1) is 13.3. The Balaban J connectivity index is 2.26. The molecule has 9 nitrogen and oxygen atoms in total. The van der Waals surface area contributed by atoms with E-state index < -0.39 is 48.5 Å². The summed E-state index contributed by atoms with van der Waals surface area (Å²) >= 11 is 0. The van der Waals surface area contributed by atoms with Gasteiger partial charge in [0.2, 0.25) is 5.91 Å². The van der Waals surface area contributed by atoms with Crippen LogP contribution in [-0.4, -0.2) is 60.2 Å². The Morgan fingerprint density at radius 2 is 1.75 bits per heavy atom. The van der Waals surface area contributed by atoms with Gasteiger partial charge in [-0.15, -0.1) is 0 Å². The zero-order valence-electron chi connectivity index (χ0n) is 16.0. The van der Waals surface area contributed by atoms with Crippen LogP contribution in [-0.2, 0) is 39.9 Å². The van der Waals surface area contributed by atoms with Crippen LogP contribution in [0, 0.1) is 0 Å². The molecule has 5 atom stereocenters. The van der Waals surface area contributed by atoms with E-state index in [1.807, 2.05) is 30.3 Å². The Hall–Kier alpha value is -2.49. The highest BCUT2D eigenvalue weighted by Crippen LogP contribution is 2.26. The lowest BCUT2D eigenvalue weighted by atomic mass is 9.96. The maximum atomic E-state index is 11.6. The summed E-state index contributed by atoms with van der Waals surface area (Å²) in [6.45, 7) is 3.66. The van der Waals surface area contributed by atoms with Crippen molar-refractivity contribution in [3.63, 3.8) is 0 Å². The standard InChI is InChI=1S/C19H25NO8/c1-11(21)20-16-18(27-13(3)23)17(26-9-14-7-5-4-6-8-14)15(28-19(16)24)10-25-12(2)22/h4-8,15-19,24H,9-10H2,1-3H3,(H,20,21)/t15-,16-,17-,18-,19+/m1/s1. The van der Waals surface area contributed by atoms with Gasteiger partial charge in [-0.3, -0.25) is 14.4 Å². The molecule has 28 heavy (non-hydrogen) atoms. The highest BCUT2D eigenvalue weighted by atomic mass is 16.7. The normalized spacial score (nSPS) is 26.9. The van der Waals surface area contributed by atoms with Crippen molar-refractivity contribution in [2.24, 2.45) is 0 Å². The van der Waals surface area contributed by atoms with Crippen molar-refractivity contribution in [3.05, 3.63) is 35.9 Å². The summed E-state index contributed by atoms with van der Waals surface area (Å²) in [7, 11) is 0. The molecule has 0 bridgehead atoms. The van der Waals surface area contributed by atoms with Crippen LogP contribution in [0.1, 0.15) is 26.3 Å². The summed E-state index contributed by atoms with van der Waals surface area (Å²) < 4.78 is 21.8. The van der Waals surface area contributed by atoms with E-state index in [1.165, 1.54) is 20.8 Å². The summed E-state index contributed by atoms with van der Waals surface area (Å²) in [5.41, 5.74) is 0.859. The van der Waals surface area contributed by atoms with Gasteiger partial charge in [-0.2, -0.15) is 0 Å². The molecule has 1 heterocycles. The Morgan fingerprint density at radius 3 is 2.32 bits per heavy atom. The van der Waals surface area contributed by atoms with Crippen LogP contribution < -0.4 is 5.32 Å². The molecule has 1 aliphatic rings. The molecule has 2 rings (SSSR count). The lowest BCUT2D eigenvalue weighted by Gasteiger charge is -2.44. The molecule has 0 radical (unpaired) electrons. The number of hydrogen-bond acceptors (Lipinski definition) is 8. The van der Waals surface area contributed by atoms with Gasteiger partial charge in [0.25, 0.3) is 0 Å². The fraction of sp³-hybridized carbons (Fsp3) is 0.526. The maximum absolute atomic E-state index is 11.6. The van der Waals surface area contributed by atoms with Crippen molar-refractivity contribution in [1.29, 1.82) is 0 Å². The molecule has 1 fully saturated rings. The van der Waals surface area contributed by atoms with Crippen molar-refractivity contribution in [3.8, 4) is 0 Å². The summed E-state index contributed by atoms with van der Waals surface area (Å²) in [5.74, 6) is -1.59. The minimum Gasteiger partial charge on any atom is -0.463 e. The topological polar surface area (TPSA) is 120 Å². The molecule has 0 aromatic heterocycles. The molecule has 0 aliphatic carbocycles. The van der Waals surface area contributed by atoms with Crippen molar-refractivity contribution >= 4 is 17.8 Å². The van der Waals surface area contributed by atoms with E-state index in [9.17, 15) is 19.5 Å². The lowest BCUT2D eigenvalue weighted by molar-refractivity contribution is -0.270. The first-order valence-corrected chi connectivity index (χ1v) is 8.84. The van der Waals surface area contributed by atoms with Gasteiger partial charge in [0.1, 0.15) is 24.9 Å². The van der Waals surface area contributed by atoms with Crippen molar-refractivity contribution in [1.82, 2.24) is 5.32 Å². The van der Waals surface area contributed by atoms with Crippen LogP contribution in [0.15, 0.2) is 30.3 Å². The van der Waals surface area contributed by atoms with Crippen LogP contribution in [0.3, 0.4) is 0 Å². The van der Waals surface area contributed by atoms with E-state index in [2.05, 4.69) is 5.32 Å². The van der Waals surface area contributed by atoms with E-state index in [1.54, 1.807) is 0 Å². The number of esters is 2. The Kier molecular flexibility index (Phi) is 7.91. The molecule has 0 unspecified atom stereocenters. The van der Waals surface area contributed by atoms with Crippen molar-refractivity contribution in [2.75, 3.05) is 6.61 Å². The highest BCUT2D eigenvalue weighted by Gasteiger charge is 2.49. The van der Waals surface area contributed by atoms with Crippen molar-refractivity contribution in [2.45, 2.75) is 58.0 Å². The Morgan fingerprint density at radius 1 is 1.07 bits per heavy atom. The number of amides is 1. The second-order valence-corrected chi connectivity index (χ2v) is 6.43. The fourth-order valence-corrected chi connectivity index (χ4v) is 2.94. The van der Waals surface area contributed by atoms with Gasteiger partial charge < -0.3 is 29.4 Å². The van der Waals surface area contributed by atoms with Crippen LogP contribution in [0.4, 0.5) is 0 Å². The zero-order valence-corrected chi connectivity index (χ0v) is 16.0. The summed E-state index contributed by atoms with van der Waals surface area (Å²) in [4.78, 5) is 34.4. The zero-order chi connectivity index (χ0) is 20.7. The Bertz CT molecular complexity index is 680. The number of benzene rings is 1. The molecule has 1 aliphatic heterocycles. The number of carbonyl (C=O) groups excluding carboxylic acids is 3. The first-order valence-electron chi connectivity index (χ1n) is 8.84. The van der Waals surface area contributed by atoms with E-state index >= 15 is 0 Å². The third-order valence-corrected chi connectivity index (χ3v) is 4.07. The molecule has 1 saturated heterocycles. The second kappa shape index (κ2) is 10.2. The first kappa shape index (κ1) is 21.8. The average Bonchev–Trinajstić information content (AvgIpc) is 2.62. The summed E-state index contributed by atoms with van der Waals surface area (Å²) in [5, 5.41) is 12.8. The SMILES string of the molecule is CC(=O)N[C@@H]1[C@@H](OC(C)=O)[C@H](OCc2ccccc2)[C@@H](COC(C)=O)O[C@@H]1O. The number of aliphatic hydroxyl groups is 1.